The zero-order valence-corrected chi connectivity index (χ0v) is 17.1. The summed E-state index contributed by atoms with van der Waals surface area (Å²) in [6.07, 6.45) is -4.36. The molecule has 0 saturated carbocycles. The molecule has 1 heterocycles. The van der Waals surface area contributed by atoms with Crippen LogP contribution in [-0.2, 0) is 17.5 Å². The Balaban J connectivity index is 1.74. The molecule has 3 rings (SSSR count). The number of benzene rings is 2. The molecule has 0 spiro atoms. The summed E-state index contributed by atoms with van der Waals surface area (Å²) in [5.74, 6) is -3.02. The first-order chi connectivity index (χ1) is 15.1. The van der Waals surface area contributed by atoms with Crippen LogP contribution in [-0.4, -0.2) is 42.0 Å². The Hall–Kier alpha value is -3.40. The van der Waals surface area contributed by atoms with Crippen LogP contribution in [0.1, 0.15) is 27.9 Å². The number of anilines is 1. The second kappa shape index (κ2) is 9.39. The van der Waals surface area contributed by atoms with Crippen LogP contribution < -0.4 is 10.6 Å². The van der Waals surface area contributed by atoms with E-state index in [-0.39, 0.29) is 17.8 Å². The van der Waals surface area contributed by atoms with Crippen molar-refractivity contribution in [1.29, 1.82) is 0 Å². The molecular weight excluding hydrogens is 430 g/mol. The summed E-state index contributed by atoms with van der Waals surface area (Å²) in [6.45, 7) is 1.32. The Bertz CT molecular complexity index is 1050. The molecule has 170 valence electrons. The molecule has 32 heavy (non-hydrogen) atoms. The topological polar surface area (TPSA) is 81.7 Å². The Morgan fingerprint density at radius 1 is 1.12 bits per heavy atom. The van der Waals surface area contributed by atoms with Gasteiger partial charge < -0.3 is 15.7 Å². The summed E-state index contributed by atoms with van der Waals surface area (Å²) >= 11 is 0. The van der Waals surface area contributed by atoms with Crippen LogP contribution in [0.15, 0.2) is 53.7 Å². The van der Waals surface area contributed by atoms with Crippen LogP contribution in [0, 0.1) is 5.82 Å². The standard InChI is InChI=1S/C22H21F4N3O3/c1-27-19-8-9-29(11-13-2-4-14(5-3-13)21(31)32)12-16(19)20(30)28-15-6-7-18(23)17(10-15)22(24,25)26/h2-7,10,27H,8-9,11-12H2,1H3,(H,28,30)(H,31,32). The molecule has 0 bridgehead atoms. The molecular formula is C22H21F4N3O3. The van der Waals surface area contributed by atoms with Gasteiger partial charge in [-0.15, -0.1) is 0 Å². The highest BCUT2D eigenvalue weighted by Crippen LogP contribution is 2.33. The molecule has 0 unspecified atom stereocenters. The van der Waals surface area contributed by atoms with Crippen LogP contribution in [0.3, 0.4) is 0 Å². The van der Waals surface area contributed by atoms with E-state index >= 15 is 0 Å². The van der Waals surface area contributed by atoms with Crippen molar-refractivity contribution >= 4 is 17.6 Å². The smallest absolute Gasteiger partial charge is 0.419 e. The predicted octanol–water partition coefficient (Wildman–Crippen LogP) is 3.86. The lowest BCUT2D eigenvalue weighted by molar-refractivity contribution is -0.140. The van der Waals surface area contributed by atoms with Gasteiger partial charge in [0, 0.05) is 44.5 Å². The molecule has 10 heteroatoms. The maximum atomic E-state index is 13.5. The fourth-order valence-corrected chi connectivity index (χ4v) is 3.48. The highest BCUT2D eigenvalue weighted by Gasteiger charge is 2.34. The molecule has 0 saturated heterocycles. The number of carbonyl (C=O) groups is 2. The van der Waals surface area contributed by atoms with Crippen molar-refractivity contribution in [3.63, 3.8) is 0 Å². The number of hydrogen-bond acceptors (Lipinski definition) is 4. The van der Waals surface area contributed by atoms with Gasteiger partial charge in [0.1, 0.15) is 5.82 Å². The van der Waals surface area contributed by atoms with Crippen molar-refractivity contribution in [2.75, 3.05) is 25.5 Å². The molecule has 0 aromatic heterocycles. The van der Waals surface area contributed by atoms with Gasteiger partial charge in [-0.25, -0.2) is 9.18 Å². The third kappa shape index (κ3) is 5.44. The molecule has 2 aromatic rings. The highest BCUT2D eigenvalue weighted by molar-refractivity contribution is 6.04. The average molecular weight is 451 g/mol. The van der Waals surface area contributed by atoms with E-state index in [1.807, 2.05) is 4.90 Å². The van der Waals surface area contributed by atoms with E-state index in [4.69, 9.17) is 5.11 Å². The van der Waals surface area contributed by atoms with Gasteiger partial charge in [0.2, 0.25) is 0 Å². The maximum absolute atomic E-state index is 13.5. The third-order valence-electron chi connectivity index (χ3n) is 5.14. The highest BCUT2D eigenvalue weighted by atomic mass is 19.4. The van der Waals surface area contributed by atoms with Crippen molar-refractivity contribution in [2.45, 2.75) is 19.1 Å². The van der Waals surface area contributed by atoms with Gasteiger partial charge in [0.15, 0.2) is 0 Å². The Kier molecular flexibility index (Phi) is 6.83. The lowest BCUT2D eigenvalue weighted by Gasteiger charge is -2.30. The fourth-order valence-electron chi connectivity index (χ4n) is 3.48. The molecule has 6 nitrogen and oxygen atoms in total. The minimum Gasteiger partial charge on any atom is -0.478 e. The quantitative estimate of drug-likeness (QED) is 0.581. The van der Waals surface area contributed by atoms with Crippen molar-refractivity contribution in [3.8, 4) is 0 Å². The first-order valence-corrected chi connectivity index (χ1v) is 9.71. The molecule has 3 N–H and O–H groups in total. The summed E-state index contributed by atoms with van der Waals surface area (Å²) in [5, 5.41) is 14.4. The first kappa shape index (κ1) is 23.3. The van der Waals surface area contributed by atoms with E-state index in [1.54, 1.807) is 19.2 Å². The molecule has 0 atom stereocenters. The molecule has 0 radical (unpaired) electrons. The van der Waals surface area contributed by atoms with Gasteiger partial charge in [-0.3, -0.25) is 9.69 Å². The lowest BCUT2D eigenvalue weighted by Crippen LogP contribution is -2.37. The molecule has 2 aromatic carbocycles. The number of carboxylic acid groups (broad SMARTS) is 1. The van der Waals surface area contributed by atoms with Crippen LogP contribution >= 0.6 is 0 Å². The minimum absolute atomic E-state index is 0.159. The number of aromatic carboxylic acids is 1. The van der Waals surface area contributed by atoms with Gasteiger partial charge in [-0.1, -0.05) is 12.1 Å². The number of amides is 1. The number of nitrogens with one attached hydrogen (secondary N) is 2. The Morgan fingerprint density at radius 3 is 2.41 bits per heavy atom. The van der Waals surface area contributed by atoms with E-state index in [9.17, 15) is 27.2 Å². The van der Waals surface area contributed by atoms with E-state index in [0.717, 1.165) is 11.6 Å². The summed E-state index contributed by atoms with van der Waals surface area (Å²) in [5.41, 5.74) is 0.441. The van der Waals surface area contributed by atoms with Crippen LogP contribution in [0.25, 0.3) is 0 Å². The first-order valence-electron chi connectivity index (χ1n) is 9.71. The fraction of sp³-hybridized carbons (Fsp3) is 0.273. The van der Waals surface area contributed by atoms with Crippen molar-refractivity contribution in [1.82, 2.24) is 10.2 Å². The average Bonchev–Trinajstić information content (AvgIpc) is 2.74. The van der Waals surface area contributed by atoms with Gasteiger partial charge in [0.25, 0.3) is 5.91 Å². The zero-order chi connectivity index (χ0) is 23.5. The number of carboxylic acids is 1. The van der Waals surface area contributed by atoms with E-state index in [0.29, 0.717) is 42.9 Å². The van der Waals surface area contributed by atoms with Crippen LogP contribution in [0.5, 0.6) is 0 Å². The number of hydrogen-bond donors (Lipinski definition) is 3. The van der Waals surface area contributed by atoms with E-state index in [1.165, 1.54) is 12.1 Å². The van der Waals surface area contributed by atoms with Crippen molar-refractivity contribution in [3.05, 3.63) is 76.2 Å². The zero-order valence-electron chi connectivity index (χ0n) is 17.1. The van der Waals surface area contributed by atoms with E-state index in [2.05, 4.69) is 10.6 Å². The maximum Gasteiger partial charge on any atom is 0.419 e. The normalized spacial score (nSPS) is 14.9. The van der Waals surface area contributed by atoms with Gasteiger partial charge in [-0.2, -0.15) is 13.2 Å². The van der Waals surface area contributed by atoms with E-state index < -0.39 is 29.4 Å². The Morgan fingerprint density at radius 2 is 1.81 bits per heavy atom. The van der Waals surface area contributed by atoms with Crippen LogP contribution in [0.2, 0.25) is 0 Å². The Labute approximate surface area is 181 Å². The lowest BCUT2D eigenvalue weighted by atomic mass is 10.0. The number of halogens is 4. The summed E-state index contributed by atoms with van der Waals surface area (Å²) in [4.78, 5) is 25.8. The van der Waals surface area contributed by atoms with Gasteiger partial charge >= 0.3 is 12.1 Å². The molecule has 0 fully saturated rings. The number of carbonyl (C=O) groups excluding carboxylic acids is 1. The molecule has 0 aliphatic carbocycles. The third-order valence-corrected chi connectivity index (χ3v) is 5.14. The SMILES string of the molecule is CNC1=C(C(=O)Nc2ccc(F)c(C(F)(F)F)c2)CN(Cc2ccc(C(=O)O)cc2)CC1. The monoisotopic (exact) mass is 451 g/mol. The molecule has 1 amide bonds. The van der Waals surface area contributed by atoms with Crippen LogP contribution in [0.4, 0.5) is 23.2 Å². The number of alkyl halides is 3. The number of nitrogens with zero attached hydrogens (tertiary/aromatic N) is 1. The predicted molar refractivity (Wildman–Crippen MR) is 109 cm³/mol. The molecule has 1 aliphatic heterocycles. The second-order valence-corrected chi connectivity index (χ2v) is 7.32. The second-order valence-electron chi connectivity index (χ2n) is 7.32. The molecule has 1 aliphatic rings. The number of rotatable bonds is 6. The largest absolute Gasteiger partial charge is 0.478 e. The van der Waals surface area contributed by atoms with Gasteiger partial charge in [-0.05, 0) is 35.9 Å². The summed E-state index contributed by atoms with van der Waals surface area (Å²) in [7, 11) is 1.66. The van der Waals surface area contributed by atoms with Crippen molar-refractivity contribution in [2.24, 2.45) is 0 Å². The minimum atomic E-state index is -4.88. The van der Waals surface area contributed by atoms with Crippen molar-refractivity contribution < 1.29 is 32.3 Å². The summed E-state index contributed by atoms with van der Waals surface area (Å²) < 4.78 is 52.4. The van der Waals surface area contributed by atoms with Gasteiger partial charge in [0.05, 0.1) is 16.7 Å². The summed E-state index contributed by atoms with van der Waals surface area (Å²) in [6, 6.07) is 8.69.